The zero-order valence-electron chi connectivity index (χ0n) is 14.5. The van der Waals surface area contributed by atoms with Crippen molar-refractivity contribution in [2.45, 2.75) is 0 Å². The summed E-state index contributed by atoms with van der Waals surface area (Å²) in [5.74, 6) is -0.623. The topological polar surface area (TPSA) is 128 Å². The molecule has 0 aromatic heterocycles. The minimum absolute atomic E-state index is 0.0626. The molecule has 0 saturated carbocycles. The van der Waals surface area contributed by atoms with Gasteiger partial charge in [-0.05, 0) is 18.2 Å². The summed E-state index contributed by atoms with van der Waals surface area (Å²) in [7, 11) is 0. The second kappa shape index (κ2) is 8.19. The van der Waals surface area contributed by atoms with Crippen LogP contribution in [0, 0.1) is 20.2 Å². The van der Waals surface area contributed by atoms with Gasteiger partial charge >= 0.3 is 0 Å². The number of hydrogen-bond acceptors (Lipinski definition) is 7. The van der Waals surface area contributed by atoms with Crippen molar-refractivity contribution >= 4 is 40.3 Å². The number of anilines is 2. The quantitative estimate of drug-likeness (QED) is 0.596. The van der Waals surface area contributed by atoms with Crippen LogP contribution in [0.1, 0.15) is 10.4 Å². The molecule has 1 aliphatic rings. The Kier molecular flexibility index (Phi) is 5.71. The first-order valence-corrected chi connectivity index (χ1v) is 8.61. The van der Waals surface area contributed by atoms with Crippen LogP contribution < -0.4 is 10.2 Å². The summed E-state index contributed by atoms with van der Waals surface area (Å²) >= 11 is 5.78. The fourth-order valence-corrected chi connectivity index (χ4v) is 3.01. The van der Waals surface area contributed by atoms with E-state index in [1.807, 2.05) is 4.90 Å². The monoisotopic (exact) mass is 406 g/mol. The van der Waals surface area contributed by atoms with Gasteiger partial charge in [-0.3, -0.25) is 25.0 Å². The maximum absolute atomic E-state index is 12.8. The molecule has 28 heavy (non-hydrogen) atoms. The third-order valence-corrected chi connectivity index (χ3v) is 4.51. The van der Waals surface area contributed by atoms with E-state index in [-0.39, 0.29) is 27.6 Å². The number of benzene rings is 2. The van der Waals surface area contributed by atoms with Gasteiger partial charge in [0, 0.05) is 37.0 Å². The van der Waals surface area contributed by atoms with Crippen LogP contribution >= 0.6 is 11.6 Å². The number of nitrogens with zero attached hydrogens (tertiary/aromatic N) is 3. The van der Waals surface area contributed by atoms with Crippen molar-refractivity contribution in [2.24, 2.45) is 0 Å². The maximum atomic E-state index is 12.8. The minimum Gasteiger partial charge on any atom is -0.378 e. The Bertz CT molecular complexity index is 945. The Balaban J connectivity index is 1.95. The zero-order valence-corrected chi connectivity index (χ0v) is 15.2. The average Bonchev–Trinajstić information content (AvgIpc) is 2.69. The minimum atomic E-state index is -0.662. The lowest BCUT2D eigenvalue weighted by molar-refractivity contribution is -0.385. The first kappa shape index (κ1) is 19.5. The highest BCUT2D eigenvalue weighted by atomic mass is 35.5. The number of carbonyl (C=O) groups excluding carboxylic acids is 1. The van der Waals surface area contributed by atoms with Crippen LogP contribution in [0.2, 0.25) is 5.02 Å². The van der Waals surface area contributed by atoms with Gasteiger partial charge in [0.2, 0.25) is 0 Å². The molecule has 1 aliphatic heterocycles. The Morgan fingerprint density at radius 3 is 2.43 bits per heavy atom. The van der Waals surface area contributed by atoms with E-state index >= 15 is 0 Å². The molecule has 3 rings (SSSR count). The Morgan fingerprint density at radius 1 is 1.07 bits per heavy atom. The van der Waals surface area contributed by atoms with Gasteiger partial charge in [-0.2, -0.15) is 0 Å². The van der Waals surface area contributed by atoms with Crippen LogP contribution in [0.25, 0.3) is 0 Å². The SMILES string of the molecule is O=C(Nc1ccc(Cl)c([N+](=O)[O-])c1)c1cc([N+](=O)[O-])ccc1N1CCOCC1. The van der Waals surface area contributed by atoms with Crippen LogP contribution in [0.5, 0.6) is 0 Å². The highest BCUT2D eigenvalue weighted by Crippen LogP contribution is 2.30. The van der Waals surface area contributed by atoms with Crippen LogP contribution in [0.3, 0.4) is 0 Å². The molecule has 11 heteroatoms. The summed E-state index contributed by atoms with van der Waals surface area (Å²) < 4.78 is 5.30. The van der Waals surface area contributed by atoms with Crippen molar-refractivity contribution in [1.82, 2.24) is 0 Å². The molecule has 0 radical (unpaired) electrons. The average molecular weight is 407 g/mol. The maximum Gasteiger partial charge on any atom is 0.289 e. The molecule has 0 bridgehead atoms. The lowest BCUT2D eigenvalue weighted by atomic mass is 10.1. The van der Waals surface area contributed by atoms with Gasteiger partial charge in [0.15, 0.2) is 0 Å². The molecule has 2 aromatic carbocycles. The van der Waals surface area contributed by atoms with Crippen molar-refractivity contribution in [3.8, 4) is 0 Å². The summed E-state index contributed by atoms with van der Waals surface area (Å²) in [6, 6.07) is 7.87. The first-order chi connectivity index (χ1) is 13.4. The lowest BCUT2D eigenvalue weighted by Gasteiger charge is -2.30. The zero-order chi connectivity index (χ0) is 20.3. The van der Waals surface area contributed by atoms with Crippen LogP contribution in [-0.4, -0.2) is 42.1 Å². The largest absolute Gasteiger partial charge is 0.378 e. The molecule has 1 heterocycles. The molecule has 1 saturated heterocycles. The molecule has 0 unspecified atom stereocenters. The first-order valence-electron chi connectivity index (χ1n) is 8.23. The molecule has 1 N–H and O–H groups in total. The van der Waals surface area contributed by atoms with E-state index < -0.39 is 15.8 Å². The van der Waals surface area contributed by atoms with Crippen LogP contribution in [-0.2, 0) is 4.74 Å². The smallest absolute Gasteiger partial charge is 0.289 e. The van der Waals surface area contributed by atoms with Crippen molar-refractivity contribution in [3.05, 3.63) is 67.2 Å². The second-order valence-corrected chi connectivity index (χ2v) is 6.34. The van der Waals surface area contributed by atoms with Gasteiger partial charge in [-0.15, -0.1) is 0 Å². The van der Waals surface area contributed by atoms with E-state index in [0.29, 0.717) is 32.0 Å². The normalized spacial score (nSPS) is 13.8. The third-order valence-electron chi connectivity index (χ3n) is 4.19. The third kappa shape index (κ3) is 4.18. The molecule has 1 fully saturated rings. The van der Waals surface area contributed by atoms with E-state index in [1.165, 1.54) is 30.3 Å². The molecule has 0 spiro atoms. The highest BCUT2D eigenvalue weighted by Gasteiger charge is 2.23. The molecule has 0 aliphatic carbocycles. The Hall–Kier alpha value is -3.24. The van der Waals surface area contributed by atoms with E-state index in [1.54, 1.807) is 0 Å². The highest BCUT2D eigenvalue weighted by molar-refractivity contribution is 6.32. The van der Waals surface area contributed by atoms with Gasteiger partial charge < -0.3 is 15.0 Å². The molecule has 2 aromatic rings. The number of hydrogen-bond donors (Lipinski definition) is 1. The van der Waals surface area contributed by atoms with Gasteiger partial charge in [0.05, 0.1) is 34.3 Å². The van der Waals surface area contributed by atoms with E-state index in [4.69, 9.17) is 16.3 Å². The molecular formula is C17H15ClN4O6. The molecule has 146 valence electrons. The molecular weight excluding hydrogens is 392 g/mol. The van der Waals surface area contributed by atoms with E-state index in [0.717, 1.165) is 6.07 Å². The number of nitrogens with one attached hydrogen (secondary N) is 1. The van der Waals surface area contributed by atoms with Crippen molar-refractivity contribution in [1.29, 1.82) is 0 Å². The van der Waals surface area contributed by atoms with Gasteiger partial charge in [-0.1, -0.05) is 11.6 Å². The number of carbonyl (C=O) groups is 1. The fourth-order valence-electron chi connectivity index (χ4n) is 2.83. The van der Waals surface area contributed by atoms with Crippen LogP contribution in [0.4, 0.5) is 22.7 Å². The molecule has 10 nitrogen and oxygen atoms in total. The summed E-state index contributed by atoms with van der Waals surface area (Å²) in [6.07, 6.45) is 0. The van der Waals surface area contributed by atoms with E-state index in [9.17, 15) is 25.0 Å². The number of ether oxygens (including phenoxy) is 1. The van der Waals surface area contributed by atoms with Gasteiger partial charge in [0.1, 0.15) is 5.02 Å². The Labute approximate surface area is 164 Å². The Morgan fingerprint density at radius 2 is 1.79 bits per heavy atom. The number of amides is 1. The summed E-state index contributed by atoms with van der Waals surface area (Å²) in [4.78, 5) is 35.6. The van der Waals surface area contributed by atoms with Gasteiger partial charge in [0.25, 0.3) is 17.3 Å². The van der Waals surface area contributed by atoms with Crippen LogP contribution in [0.15, 0.2) is 36.4 Å². The van der Waals surface area contributed by atoms with E-state index in [2.05, 4.69) is 5.32 Å². The lowest BCUT2D eigenvalue weighted by Crippen LogP contribution is -2.37. The molecule has 0 atom stereocenters. The number of halogens is 1. The summed E-state index contributed by atoms with van der Waals surface area (Å²) in [6.45, 7) is 2.01. The second-order valence-electron chi connectivity index (χ2n) is 5.94. The van der Waals surface area contributed by atoms with Crippen molar-refractivity contribution < 1.29 is 19.4 Å². The number of non-ortho nitro benzene ring substituents is 1. The number of nitro groups is 2. The predicted octanol–water partition coefficient (Wildman–Crippen LogP) is 3.25. The summed E-state index contributed by atoms with van der Waals surface area (Å²) in [5, 5.41) is 24.6. The standard InChI is InChI=1S/C17H15ClN4O6/c18-14-3-1-11(9-16(14)22(26)27)19-17(23)13-10-12(21(24)25)2-4-15(13)20-5-7-28-8-6-20/h1-4,9-10H,5-8H2,(H,19,23). The van der Waals surface area contributed by atoms with Gasteiger partial charge in [-0.25, -0.2) is 0 Å². The predicted molar refractivity (Wildman–Crippen MR) is 102 cm³/mol. The number of morpholine rings is 1. The summed E-state index contributed by atoms with van der Waals surface area (Å²) in [5.41, 5.74) is 0.181. The number of nitro benzene ring substituents is 2. The van der Waals surface area contributed by atoms with Crippen molar-refractivity contribution in [2.75, 3.05) is 36.5 Å². The van der Waals surface area contributed by atoms with Crippen molar-refractivity contribution in [3.63, 3.8) is 0 Å². The number of rotatable bonds is 5. The molecule has 1 amide bonds. The fraction of sp³-hybridized carbons (Fsp3) is 0.235.